The number of carbonyl (C=O) groups is 1. The van der Waals surface area contributed by atoms with Gasteiger partial charge >= 0.3 is 12.1 Å². The molecule has 2 saturated carbocycles. The zero-order valence-electron chi connectivity index (χ0n) is 16.3. The Balaban J connectivity index is 2.00. The quantitative estimate of drug-likeness (QED) is 0.545. The molecular weight excluding hydrogens is 417 g/mol. The van der Waals surface area contributed by atoms with E-state index in [1.165, 1.54) is 6.07 Å². The second-order valence-electron chi connectivity index (χ2n) is 8.20. The number of carboxylic acids is 1. The Morgan fingerprint density at radius 3 is 2.33 bits per heavy atom. The molecule has 2 aromatic carbocycles. The first-order valence-electron chi connectivity index (χ1n) is 10.1. The third kappa shape index (κ3) is 3.78. The van der Waals surface area contributed by atoms with E-state index in [0.717, 1.165) is 12.8 Å². The molecule has 3 nitrogen and oxygen atoms in total. The molecule has 0 bridgehead atoms. The van der Waals surface area contributed by atoms with E-state index in [4.69, 9.17) is 16.3 Å². The summed E-state index contributed by atoms with van der Waals surface area (Å²) in [5, 5.41) is 9.89. The van der Waals surface area contributed by atoms with Gasteiger partial charge in [0.1, 0.15) is 5.56 Å². The van der Waals surface area contributed by atoms with Crippen LogP contribution < -0.4 is 4.74 Å². The molecule has 0 radical (unpaired) electrons. The molecule has 2 fully saturated rings. The third-order valence-corrected chi connectivity index (χ3v) is 6.51. The summed E-state index contributed by atoms with van der Waals surface area (Å²) in [6, 6.07) is 10.1. The lowest BCUT2D eigenvalue weighted by atomic mass is 9.75. The molecule has 30 heavy (non-hydrogen) atoms. The van der Waals surface area contributed by atoms with E-state index in [9.17, 15) is 23.1 Å². The normalized spacial score (nSPS) is 18.4. The molecule has 2 aromatic rings. The van der Waals surface area contributed by atoms with Crippen LogP contribution in [0, 0.1) is 5.92 Å². The van der Waals surface area contributed by atoms with Crippen molar-refractivity contribution >= 4 is 17.6 Å². The molecule has 0 atom stereocenters. The lowest BCUT2D eigenvalue weighted by Gasteiger charge is -2.30. The van der Waals surface area contributed by atoms with Gasteiger partial charge in [-0.15, -0.1) is 0 Å². The summed E-state index contributed by atoms with van der Waals surface area (Å²) in [7, 11) is 0. The van der Waals surface area contributed by atoms with E-state index >= 15 is 0 Å². The fourth-order valence-corrected chi connectivity index (χ4v) is 4.63. The first-order valence-corrected chi connectivity index (χ1v) is 10.5. The molecule has 2 aliphatic rings. The van der Waals surface area contributed by atoms with E-state index in [-0.39, 0.29) is 36.0 Å². The highest BCUT2D eigenvalue weighted by atomic mass is 35.5. The minimum absolute atomic E-state index is 0.128. The molecule has 0 saturated heterocycles. The van der Waals surface area contributed by atoms with Crippen LogP contribution in [0.3, 0.4) is 0 Å². The second kappa shape index (κ2) is 7.80. The molecule has 0 spiro atoms. The first kappa shape index (κ1) is 21.0. The molecule has 0 aliphatic heterocycles. The molecule has 160 valence electrons. The number of hydrogen-bond acceptors (Lipinski definition) is 2. The minimum Gasteiger partial charge on any atom is -0.491 e. The topological polar surface area (TPSA) is 46.5 Å². The van der Waals surface area contributed by atoms with Gasteiger partial charge in [-0.25, -0.2) is 0 Å². The van der Waals surface area contributed by atoms with Crippen molar-refractivity contribution in [3.05, 3.63) is 52.5 Å². The minimum atomic E-state index is -4.79. The monoisotopic (exact) mass is 438 g/mol. The van der Waals surface area contributed by atoms with E-state index < -0.39 is 28.9 Å². The van der Waals surface area contributed by atoms with Gasteiger partial charge in [0, 0.05) is 5.56 Å². The number of aliphatic carboxylic acids is 1. The Hall–Kier alpha value is -2.21. The molecule has 1 N–H and O–H groups in total. The molecular formula is C23H22ClF3O3. The molecule has 0 amide bonds. The van der Waals surface area contributed by atoms with Crippen molar-refractivity contribution in [2.24, 2.45) is 5.92 Å². The van der Waals surface area contributed by atoms with Gasteiger partial charge in [0.25, 0.3) is 0 Å². The zero-order valence-corrected chi connectivity index (χ0v) is 17.0. The van der Waals surface area contributed by atoms with E-state index in [0.29, 0.717) is 24.0 Å². The van der Waals surface area contributed by atoms with Crippen molar-refractivity contribution in [2.45, 2.75) is 50.1 Å². The highest BCUT2D eigenvalue weighted by Gasteiger charge is 2.51. The highest BCUT2D eigenvalue weighted by Crippen LogP contribution is 2.53. The number of alkyl halides is 3. The van der Waals surface area contributed by atoms with Crippen LogP contribution in [0.2, 0.25) is 5.02 Å². The highest BCUT2D eigenvalue weighted by molar-refractivity contribution is 6.35. The summed E-state index contributed by atoms with van der Waals surface area (Å²) in [4.78, 5) is 12.3. The Bertz CT molecular complexity index is 946. The van der Waals surface area contributed by atoms with Crippen molar-refractivity contribution < 1.29 is 27.8 Å². The van der Waals surface area contributed by atoms with Crippen LogP contribution in [-0.4, -0.2) is 17.7 Å². The molecule has 0 aromatic heterocycles. The predicted octanol–water partition coefficient (Wildman–Crippen LogP) is 6.71. The van der Waals surface area contributed by atoms with E-state index in [2.05, 4.69) is 0 Å². The summed E-state index contributed by atoms with van der Waals surface area (Å²) in [5.74, 6) is -1.47. The average molecular weight is 439 g/mol. The van der Waals surface area contributed by atoms with Gasteiger partial charge in [-0.3, -0.25) is 4.79 Å². The maximum absolute atomic E-state index is 14.3. The predicted molar refractivity (Wildman–Crippen MR) is 108 cm³/mol. The molecule has 2 aliphatic carbocycles. The zero-order chi connectivity index (χ0) is 21.5. The Kier molecular flexibility index (Phi) is 5.47. The summed E-state index contributed by atoms with van der Waals surface area (Å²) < 4.78 is 48.6. The maximum atomic E-state index is 14.3. The number of rotatable bonds is 6. The van der Waals surface area contributed by atoms with Gasteiger partial charge in [-0.2, -0.15) is 13.2 Å². The Labute approximate surface area is 177 Å². The summed E-state index contributed by atoms with van der Waals surface area (Å²) in [6.45, 7) is 0.139. The van der Waals surface area contributed by atoms with Gasteiger partial charge in [-0.1, -0.05) is 54.8 Å². The number of hydrogen-bond donors (Lipinski definition) is 1. The Morgan fingerprint density at radius 1 is 1.17 bits per heavy atom. The first-order chi connectivity index (χ1) is 14.2. The fraction of sp³-hybridized carbons (Fsp3) is 0.435. The van der Waals surface area contributed by atoms with Crippen LogP contribution in [-0.2, 0) is 16.4 Å². The van der Waals surface area contributed by atoms with Crippen LogP contribution in [0.5, 0.6) is 5.75 Å². The van der Waals surface area contributed by atoms with Gasteiger partial charge in [-0.05, 0) is 48.8 Å². The lowest BCUT2D eigenvalue weighted by molar-refractivity contribution is -0.146. The van der Waals surface area contributed by atoms with Gasteiger partial charge in [0.05, 0.1) is 17.0 Å². The molecule has 7 heteroatoms. The van der Waals surface area contributed by atoms with Crippen LogP contribution in [0.25, 0.3) is 11.1 Å². The SMILES string of the molecule is O=C(O)C1(c2cc(-c3ccccc3)c(Cl)c(OCC3CC3)c2C(F)(F)F)CCCC1. The van der Waals surface area contributed by atoms with Gasteiger partial charge < -0.3 is 9.84 Å². The largest absolute Gasteiger partial charge is 0.491 e. The van der Waals surface area contributed by atoms with Crippen LogP contribution in [0.15, 0.2) is 36.4 Å². The van der Waals surface area contributed by atoms with Gasteiger partial charge in [0.15, 0.2) is 5.75 Å². The standard InChI is InChI=1S/C23H22ClF3O3/c24-19-16(15-6-2-1-3-7-15)12-17(22(21(28)29)10-4-5-11-22)18(23(25,26)27)20(19)30-13-14-8-9-14/h1-3,6-7,12,14H,4-5,8-11,13H2,(H,28,29). The van der Waals surface area contributed by atoms with Crippen LogP contribution in [0.1, 0.15) is 49.7 Å². The lowest BCUT2D eigenvalue weighted by Crippen LogP contribution is -2.35. The number of benzene rings is 2. The average Bonchev–Trinajstić information content (AvgIpc) is 3.39. The molecule has 4 rings (SSSR count). The van der Waals surface area contributed by atoms with E-state index in [1.807, 2.05) is 0 Å². The van der Waals surface area contributed by atoms with Crippen LogP contribution in [0.4, 0.5) is 13.2 Å². The summed E-state index contributed by atoms with van der Waals surface area (Å²) in [6.07, 6.45) is -1.55. The Morgan fingerprint density at radius 2 is 1.80 bits per heavy atom. The van der Waals surface area contributed by atoms with Crippen molar-refractivity contribution in [1.29, 1.82) is 0 Å². The summed E-state index contributed by atoms with van der Waals surface area (Å²) in [5.41, 5.74) is -1.91. The van der Waals surface area contributed by atoms with Gasteiger partial charge in [0.2, 0.25) is 0 Å². The van der Waals surface area contributed by atoms with Crippen LogP contribution >= 0.6 is 11.6 Å². The molecule has 0 unspecified atom stereocenters. The maximum Gasteiger partial charge on any atom is 0.420 e. The van der Waals surface area contributed by atoms with Crippen molar-refractivity contribution in [2.75, 3.05) is 6.61 Å². The summed E-state index contributed by atoms with van der Waals surface area (Å²) >= 11 is 6.49. The number of carboxylic acid groups (broad SMARTS) is 1. The second-order valence-corrected chi connectivity index (χ2v) is 8.58. The van der Waals surface area contributed by atoms with Crippen molar-refractivity contribution in [1.82, 2.24) is 0 Å². The van der Waals surface area contributed by atoms with Crippen molar-refractivity contribution in [3.8, 4) is 16.9 Å². The number of halogens is 4. The third-order valence-electron chi connectivity index (χ3n) is 6.13. The van der Waals surface area contributed by atoms with E-state index in [1.54, 1.807) is 30.3 Å². The smallest absolute Gasteiger partial charge is 0.420 e. The molecule has 0 heterocycles. The number of ether oxygens (including phenoxy) is 1. The fourth-order valence-electron chi connectivity index (χ4n) is 4.32. The van der Waals surface area contributed by atoms with Crippen molar-refractivity contribution in [3.63, 3.8) is 0 Å².